The molecule has 0 aromatic heterocycles. The van der Waals surface area contributed by atoms with Crippen molar-refractivity contribution in [2.75, 3.05) is 13.1 Å². The van der Waals surface area contributed by atoms with E-state index in [-0.39, 0.29) is 17.9 Å². The molecule has 0 aliphatic carbocycles. The van der Waals surface area contributed by atoms with Crippen LogP contribution in [0.5, 0.6) is 0 Å². The summed E-state index contributed by atoms with van der Waals surface area (Å²) in [7, 11) is 0. The number of carboxylic acids is 1. The van der Waals surface area contributed by atoms with E-state index in [0.29, 0.717) is 6.54 Å². The first kappa shape index (κ1) is 15.0. The smallest absolute Gasteiger partial charge is 0.329 e. The molecule has 0 spiro atoms. The van der Waals surface area contributed by atoms with Crippen LogP contribution in [0.2, 0.25) is 0 Å². The Labute approximate surface area is 109 Å². The van der Waals surface area contributed by atoms with Gasteiger partial charge in [0.05, 0.1) is 6.04 Å². The van der Waals surface area contributed by atoms with Gasteiger partial charge in [0.2, 0.25) is 5.91 Å². The second-order valence-corrected chi connectivity index (χ2v) is 5.50. The molecule has 5 heteroatoms. The molecule has 1 rings (SSSR count). The van der Waals surface area contributed by atoms with Crippen LogP contribution in [-0.4, -0.2) is 46.6 Å². The molecule has 1 amide bonds. The first-order valence-corrected chi connectivity index (χ1v) is 6.60. The molecule has 0 aromatic rings. The fourth-order valence-electron chi connectivity index (χ4n) is 2.49. The lowest BCUT2D eigenvalue weighted by Gasteiger charge is -2.39. The van der Waals surface area contributed by atoms with Crippen LogP contribution in [0.15, 0.2) is 0 Å². The quantitative estimate of drug-likeness (QED) is 0.790. The van der Waals surface area contributed by atoms with Crippen molar-refractivity contribution in [2.45, 2.75) is 52.1 Å². The Kier molecular flexibility index (Phi) is 4.73. The summed E-state index contributed by atoms with van der Waals surface area (Å²) in [5.74, 6) is -0.817. The number of piperidine rings is 1. The molecular formula is C13H24N2O3. The first-order chi connectivity index (χ1) is 8.32. The van der Waals surface area contributed by atoms with Crippen molar-refractivity contribution in [3.05, 3.63) is 0 Å². The van der Waals surface area contributed by atoms with Gasteiger partial charge in [-0.1, -0.05) is 6.92 Å². The van der Waals surface area contributed by atoms with E-state index in [1.54, 1.807) is 13.8 Å². The van der Waals surface area contributed by atoms with Crippen molar-refractivity contribution in [1.29, 1.82) is 0 Å². The molecule has 1 heterocycles. The molecule has 1 aliphatic heterocycles. The summed E-state index contributed by atoms with van der Waals surface area (Å²) < 4.78 is 0. The fraction of sp³-hybridized carbons (Fsp3) is 0.846. The number of carbonyl (C=O) groups excluding carboxylic acids is 1. The summed E-state index contributed by atoms with van der Waals surface area (Å²) >= 11 is 0. The van der Waals surface area contributed by atoms with E-state index in [2.05, 4.69) is 5.32 Å². The van der Waals surface area contributed by atoms with Gasteiger partial charge in [0.1, 0.15) is 5.54 Å². The molecule has 1 fully saturated rings. The molecule has 0 saturated carbocycles. The Morgan fingerprint density at radius 3 is 2.50 bits per heavy atom. The summed E-state index contributed by atoms with van der Waals surface area (Å²) in [6.07, 6.45) is 2.08. The van der Waals surface area contributed by atoms with Crippen LogP contribution in [0.4, 0.5) is 0 Å². The summed E-state index contributed by atoms with van der Waals surface area (Å²) in [5, 5.41) is 12.5. The Hall–Kier alpha value is -1.10. The second-order valence-electron chi connectivity index (χ2n) is 5.50. The normalized spacial score (nSPS) is 24.7. The number of hydrogen-bond acceptors (Lipinski definition) is 3. The van der Waals surface area contributed by atoms with E-state index in [9.17, 15) is 14.7 Å². The maximum absolute atomic E-state index is 12.5. The third-order valence-corrected chi connectivity index (χ3v) is 3.82. The Balaban J connectivity index is 2.88. The minimum Gasteiger partial charge on any atom is -0.480 e. The summed E-state index contributed by atoms with van der Waals surface area (Å²) in [4.78, 5) is 25.2. The lowest BCUT2D eigenvalue weighted by Crippen LogP contribution is -2.60. The zero-order valence-corrected chi connectivity index (χ0v) is 11.7. The fourth-order valence-corrected chi connectivity index (χ4v) is 2.49. The highest BCUT2D eigenvalue weighted by Gasteiger charge is 2.41. The van der Waals surface area contributed by atoms with Crippen LogP contribution in [0, 0.1) is 5.92 Å². The lowest BCUT2D eigenvalue weighted by molar-refractivity contribution is -0.158. The third-order valence-electron chi connectivity index (χ3n) is 3.82. The Morgan fingerprint density at radius 1 is 1.44 bits per heavy atom. The van der Waals surface area contributed by atoms with Crippen molar-refractivity contribution in [1.82, 2.24) is 10.2 Å². The largest absolute Gasteiger partial charge is 0.480 e. The zero-order valence-electron chi connectivity index (χ0n) is 11.7. The number of likely N-dealkylation sites (N-methyl/N-ethyl adjacent to an activating group) is 1. The summed E-state index contributed by atoms with van der Waals surface area (Å²) in [5.41, 5.74) is -1.16. The highest BCUT2D eigenvalue weighted by molar-refractivity contribution is 5.89. The van der Waals surface area contributed by atoms with E-state index >= 15 is 0 Å². The molecule has 0 bridgehead atoms. The highest BCUT2D eigenvalue weighted by Crippen LogP contribution is 2.22. The average molecular weight is 256 g/mol. The molecule has 1 aliphatic rings. The SMILES string of the molecule is CCN(C(=O)C1NCCCC1C)C(C)(C)C(=O)O. The predicted molar refractivity (Wildman–Crippen MR) is 69.3 cm³/mol. The molecule has 2 unspecified atom stereocenters. The van der Waals surface area contributed by atoms with Gasteiger partial charge >= 0.3 is 5.97 Å². The van der Waals surface area contributed by atoms with Gasteiger partial charge in [-0.05, 0) is 46.1 Å². The standard InChI is InChI=1S/C13H24N2O3/c1-5-15(13(3,4)12(17)18)11(16)10-9(2)7-6-8-14-10/h9-10,14H,5-8H2,1-4H3,(H,17,18). The van der Waals surface area contributed by atoms with Crippen LogP contribution in [-0.2, 0) is 9.59 Å². The van der Waals surface area contributed by atoms with Gasteiger partial charge in [-0.3, -0.25) is 4.79 Å². The number of rotatable bonds is 4. The molecule has 0 aromatic carbocycles. The minimum atomic E-state index is -1.16. The first-order valence-electron chi connectivity index (χ1n) is 6.60. The van der Waals surface area contributed by atoms with Gasteiger partial charge in [0, 0.05) is 6.54 Å². The number of nitrogens with zero attached hydrogens (tertiary/aromatic N) is 1. The van der Waals surface area contributed by atoms with Gasteiger partial charge in [-0.2, -0.15) is 0 Å². The monoisotopic (exact) mass is 256 g/mol. The highest BCUT2D eigenvalue weighted by atomic mass is 16.4. The van der Waals surface area contributed by atoms with Gasteiger partial charge in [0.15, 0.2) is 0 Å². The van der Waals surface area contributed by atoms with Crippen molar-refractivity contribution in [3.8, 4) is 0 Å². The van der Waals surface area contributed by atoms with Crippen molar-refractivity contribution >= 4 is 11.9 Å². The number of nitrogens with one attached hydrogen (secondary N) is 1. The van der Waals surface area contributed by atoms with E-state index in [0.717, 1.165) is 19.4 Å². The van der Waals surface area contributed by atoms with Crippen LogP contribution in [0.3, 0.4) is 0 Å². The lowest BCUT2D eigenvalue weighted by atomic mass is 9.90. The molecule has 2 N–H and O–H groups in total. The Bertz CT molecular complexity index is 328. The third kappa shape index (κ3) is 2.83. The van der Waals surface area contributed by atoms with E-state index in [1.807, 2.05) is 13.8 Å². The number of carbonyl (C=O) groups is 2. The average Bonchev–Trinajstić information content (AvgIpc) is 2.29. The molecule has 18 heavy (non-hydrogen) atoms. The van der Waals surface area contributed by atoms with Gasteiger partial charge < -0.3 is 15.3 Å². The van der Waals surface area contributed by atoms with Crippen LogP contribution in [0.25, 0.3) is 0 Å². The van der Waals surface area contributed by atoms with Crippen molar-refractivity contribution in [2.24, 2.45) is 5.92 Å². The summed E-state index contributed by atoms with van der Waals surface area (Å²) in [6, 6.07) is -0.252. The van der Waals surface area contributed by atoms with Gasteiger partial charge in [-0.15, -0.1) is 0 Å². The predicted octanol–water partition coefficient (Wildman–Crippen LogP) is 1.09. The van der Waals surface area contributed by atoms with Crippen LogP contribution < -0.4 is 5.32 Å². The molecule has 5 nitrogen and oxygen atoms in total. The number of amides is 1. The van der Waals surface area contributed by atoms with Gasteiger partial charge in [-0.25, -0.2) is 4.79 Å². The second kappa shape index (κ2) is 5.69. The topological polar surface area (TPSA) is 69.6 Å². The summed E-state index contributed by atoms with van der Waals surface area (Å²) in [6.45, 7) is 8.23. The van der Waals surface area contributed by atoms with Crippen LogP contribution >= 0.6 is 0 Å². The van der Waals surface area contributed by atoms with E-state index < -0.39 is 11.5 Å². The molecule has 0 radical (unpaired) electrons. The molecule has 1 saturated heterocycles. The minimum absolute atomic E-state index is 0.0999. The number of aliphatic carboxylic acids is 1. The number of hydrogen-bond donors (Lipinski definition) is 2. The van der Waals surface area contributed by atoms with E-state index in [1.165, 1.54) is 4.90 Å². The molecule has 2 atom stereocenters. The molecular weight excluding hydrogens is 232 g/mol. The van der Waals surface area contributed by atoms with E-state index in [4.69, 9.17) is 0 Å². The van der Waals surface area contributed by atoms with Crippen molar-refractivity contribution < 1.29 is 14.7 Å². The molecule has 104 valence electrons. The van der Waals surface area contributed by atoms with Gasteiger partial charge in [0.25, 0.3) is 0 Å². The zero-order chi connectivity index (χ0) is 13.9. The Morgan fingerprint density at radius 2 is 2.06 bits per heavy atom. The van der Waals surface area contributed by atoms with Crippen molar-refractivity contribution in [3.63, 3.8) is 0 Å². The van der Waals surface area contributed by atoms with Crippen LogP contribution in [0.1, 0.15) is 40.5 Å². The maximum Gasteiger partial charge on any atom is 0.329 e. The maximum atomic E-state index is 12.5. The number of carboxylic acid groups (broad SMARTS) is 1.